The van der Waals surface area contributed by atoms with E-state index in [0.717, 1.165) is 4.47 Å². The van der Waals surface area contributed by atoms with Gasteiger partial charge in [0, 0.05) is 11.5 Å². The second-order valence-electron chi connectivity index (χ2n) is 4.47. The van der Waals surface area contributed by atoms with E-state index in [1.807, 2.05) is 12.1 Å². The van der Waals surface area contributed by atoms with Crippen LogP contribution in [-0.2, 0) is 4.79 Å². The summed E-state index contributed by atoms with van der Waals surface area (Å²) in [4.78, 5) is 13.6. The number of amides is 1. The Morgan fingerprint density at radius 1 is 1.32 bits per heavy atom. The Balaban J connectivity index is 2.00. The number of carbonyl (C=O) groups excluding carboxylic acids is 1. The summed E-state index contributed by atoms with van der Waals surface area (Å²) in [5.74, 6) is 0.302. The number of benzene rings is 2. The first-order chi connectivity index (χ1) is 10.5. The fourth-order valence-corrected chi connectivity index (χ4v) is 2.56. The second-order valence-corrected chi connectivity index (χ2v) is 5.80. The van der Waals surface area contributed by atoms with Crippen molar-refractivity contribution >= 4 is 39.1 Å². The summed E-state index contributed by atoms with van der Waals surface area (Å²) in [5, 5.41) is 9.20. The maximum Gasteiger partial charge on any atom is 0.264 e. The third-order valence-corrected chi connectivity index (χ3v) is 3.79. The van der Waals surface area contributed by atoms with Gasteiger partial charge in [0.25, 0.3) is 5.91 Å². The summed E-state index contributed by atoms with van der Waals surface area (Å²) in [5.41, 5.74) is 1.15. The summed E-state index contributed by atoms with van der Waals surface area (Å²) >= 11 is 9.44. The molecule has 4 nitrogen and oxygen atoms in total. The Hall–Kier alpha value is -2.03. The molecule has 0 fully saturated rings. The van der Waals surface area contributed by atoms with E-state index in [9.17, 15) is 4.79 Å². The molecule has 22 heavy (non-hydrogen) atoms. The van der Waals surface area contributed by atoms with Gasteiger partial charge in [0.05, 0.1) is 22.3 Å². The van der Waals surface area contributed by atoms with Gasteiger partial charge >= 0.3 is 0 Å². The predicted molar refractivity (Wildman–Crippen MR) is 89.2 cm³/mol. The van der Waals surface area contributed by atoms with Crippen molar-refractivity contribution in [1.82, 2.24) is 0 Å². The molecular weight excluding hydrogens is 368 g/mol. The first kappa shape index (κ1) is 16.3. The topological polar surface area (TPSA) is 53.3 Å². The van der Waals surface area contributed by atoms with Crippen LogP contribution in [0.25, 0.3) is 0 Å². The number of hydrogen-bond acceptors (Lipinski definition) is 3. The lowest BCUT2D eigenvalue weighted by Gasteiger charge is -2.19. The molecule has 0 aliphatic carbocycles. The van der Waals surface area contributed by atoms with Gasteiger partial charge in [-0.05, 0) is 42.5 Å². The number of nitriles is 1. The van der Waals surface area contributed by atoms with E-state index in [0.29, 0.717) is 22.0 Å². The number of nitrogens with zero attached hydrogens (tertiary/aromatic N) is 2. The zero-order chi connectivity index (χ0) is 16.1. The number of likely N-dealkylation sites (N-methyl/N-ethyl adjacent to an activating group) is 1. The van der Waals surface area contributed by atoms with Crippen LogP contribution in [0.1, 0.15) is 5.56 Å². The monoisotopic (exact) mass is 378 g/mol. The van der Waals surface area contributed by atoms with Gasteiger partial charge in [-0.2, -0.15) is 5.26 Å². The number of anilines is 1. The molecule has 0 saturated heterocycles. The summed E-state index contributed by atoms with van der Waals surface area (Å²) in [6.07, 6.45) is 0. The highest BCUT2D eigenvalue weighted by atomic mass is 79.9. The first-order valence-electron chi connectivity index (χ1n) is 6.36. The standard InChI is InChI=1S/C16H12BrClN2O2/c1-20(15-7-4-12(17)8-14(15)18)16(21)10-22-13-5-2-11(9-19)3-6-13/h2-8H,10H2,1H3. The van der Waals surface area contributed by atoms with E-state index in [1.54, 1.807) is 43.4 Å². The highest BCUT2D eigenvalue weighted by Gasteiger charge is 2.14. The maximum atomic E-state index is 12.2. The Kier molecular flexibility index (Phi) is 5.42. The highest BCUT2D eigenvalue weighted by molar-refractivity contribution is 9.10. The van der Waals surface area contributed by atoms with Crippen molar-refractivity contribution in [3.05, 3.63) is 57.5 Å². The predicted octanol–water partition coefficient (Wildman–Crippen LogP) is 4.02. The molecule has 0 unspecified atom stereocenters. The van der Waals surface area contributed by atoms with Crippen molar-refractivity contribution in [2.24, 2.45) is 0 Å². The average molecular weight is 380 g/mol. The minimum atomic E-state index is -0.228. The lowest BCUT2D eigenvalue weighted by atomic mass is 10.2. The fraction of sp³-hybridized carbons (Fsp3) is 0.125. The van der Waals surface area contributed by atoms with Gasteiger partial charge in [-0.3, -0.25) is 4.79 Å². The van der Waals surface area contributed by atoms with Gasteiger partial charge in [0.1, 0.15) is 5.75 Å². The molecule has 0 aliphatic heterocycles. The number of hydrogen-bond donors (Lipinski definition) is 0. The smallest absolute Gasteiger partial charge is 0.264 e. The molecule has 0 atom stereocenters. The summed E-state index contributed by atoms with van der Waals surface area (Å²) < 4.78 is 6.26. The van der Waals surface area contributed by atoms with Crippen molar-refractivity contribution in [3.63, 3.8) is 0 Å². The third-order valence-electron chi connectivity index (χ3n) is 2.99. The minimum absolute atomic E-state index is 0.116. The van der Waals surface area contributed by atoms with Gasteiger partial charge in [-0.1, -0.05) is 27.5 Å². The van der Waals surface area contributed by atoms with Crippen molar-refractivity contribution in [1.29, 1.82) is 5.26 Å². The van der Waals surface area contributed by atoms with E-state index in [-0.39, 0.29) is 12.5 Å². The second kappa shape index (κ2) is 7.30. The van der Waals surface area contributed by atoms with E-state index < -0.39 is 0 Å². The molecule has 2 rings (SSSR count). The molecule has 0 saturated carbocycles. The van der Waals surface area contributed by atoms with Crippen molar-refractivity contribution < 1.29 is 9.53 Å². The number of ether oxygens (including phenoxy) is 1. The van der Waals surface area contributed by atoms with Gasteiger partial charge in [0.15, 0.2) is 6.61 Å². The number of halogens is 2. The summed E-state index contributed by atoms with van der Waals surface area (Å²) in [6.45, 7) is -0.116. The van der Waals surface area contributed by atoms with Gasteiger partial charge < -0.3 is 9.64 Å². The van der Waals surface area contributed by atoms with E-state index in [1.165, 1.54) is 4.90 Å². The van der Waals surface area contributed by atoms with Crippen LogP contribution in [0.15, 0.2) is 46.9 Å². The molecule has 2 aromatic carbocycles. The molecule has 0 heterocycles. The average Bonchev–Trinajstić information content (AvgIpc) is 2.52. The molecule has 0 N–H and O–H groups in total. The highest BCUT2D eigenvalue weighted by Crippen LogP contribution is 2.28. The van der Waals surface area contributed by atoms with Crippen LogP contribution >= 0.6 is 27.5 Å². The van der Waals surface area contributed by atoms with Crippen LogP contribution in [0.3, 0.4) is 0 Å². The molecule has 0 spiro atoms. The van der Waals surface area contributed by atoms with Crippen molar-refractivity contribution in [2.75, 3.05) is 18.6 Å². The maximum absolute atomic E-state index is 12.2. The van der Waals surface area contributed by atoms with Crippen LogP contribution in [0.2, 0.25) is 5.02 Å². The quantitative estimate of drug-likeness (QED) is 0.806. The van der Waals surface area contributed by atoms with Crippen LogP contribution < -0.4 is 9.64 Å². The number of rotatable bonds is 4. The molecule has 0 aromatic heterocycles. The minimum Gasteiger partial charge on any atom is -0.484 e. The van der Waals surface area contributed by atoms with Crippen molar-refractivity contribution in [3.8, 4) is 11.8 Å². The largest absolute Gasteiger partial charge is 0.484 e. The zero-order valence-corrected chi connectivity index (χ0v) is 14.1. The molecule has 0 radical (unpaired) electrons. The number of carbonyl (C=O) groups is 1. The van der Waals surface area contributed by atoms with Crippen molar-refractivity contribution in [2.45, 2.75) is 0 Å². The Bertz CT molecular complexity index is 726. The van der Waals surface area contributed by atoms with E-state index in [2.05, 4.69) is 15.9 Å². The van der Waals surface area contributed by atoms with Gasteiger partial charge in [-0.15, -0.1) is 0 Å². The van der Waals surface area contributed by atoms with Crippen LogP contribution in [0.4, 0.5) is 5.69 Å². The Morgan fingerprint density at radius 2 is 2.00 bits per heavy atom. The lowest BCUT2D eigenvalue weighted by Crippen LogP contribution is -2.31. The Morgan fingerprint density at radius 3 is 2.59 bits per heavy atom. The van der Waals surface area contributed by atoms with Gasteiger partial charge in [-0.25, -0.2) is 0 Å². The molecule has 0 aliphatic rings. The van der Waals surface area contributed by atoms with E-state index in [4.69, 9.17) is 21.6 Å². The molecule has 0 bridgehead atoms. The van der Waals surface area contributed by atoms with Crippen LogP contribution in [0, 0.1) is 11.3 Å². The van der Waals surface area contributed by atoms with E-state index >= 15 is 0 Å². The first-order valence-corrected chi connectivity index (χ1v) is 7.53. The fourth-order valence-electron chi connectivity index (χ4n) is 1.76. The van der Waals surface area contributed by atoms with Crippen LogP contribution in [0.5, 0.6) is 5.75 Å². The van der Waals surface area contributed by atoms with Crippen LogP contribution in [-0.4, -0.2) is 19.6 Å². The molecule has 2 aromatic rings. The zero-order valence-electron chi connectivity index (χ0n) is 11.7. The molecule has 1 amide bonds. The lowest BCUT2D eigenvalue weighted by molar-refractivity contribution is -0.120. The summed E-state index contributed by atoms with van der Waals surface area (Å²) in [6, 6.07) is 13.9. The van der Waals surface area contributed by atoms with Gasteiger partial charge in [0.2, 0.25) is 0 Å². The molecular formula is C16H12BrClN2O2. The summed E-state index contributed by atoms with van der Waals surface area (Å²) in [7, 11) is 1.64. The third kappa shape index (κ3) is 4.00. The molecule has 112 valence electrons. The Labute approximate surface area is 142 Å². The molecule has 6 heteroatoms. The normalized spacial score (nSPS) is 9.91. The SMILES string of the molecule is CN(C(=O)COc1ccc(C#N)cc1)c1ccc(Br)cc1Cl.